The second kappa shape index (κ2) is 18.1. The monoisotopic (exact) mass is 859 g/mol. The van der Waals surface area contributed by atoms with E-state index in [1.54, 1.807) is 42.7 Å². The van der Waals surface area contributed by atoms with Crippen LogP contribution in [-0.2, 0) is 25.5 Å². The maximum atomic E-state index is 15.4. The van der Waals surface area contributed by atoms with Crippen molar-refractivity contribution in [3.63, 3.8) is 0 Å². The standard InChI is InChI=1S/C46H47F2N9O6/c47-36-19-27(20-37(48)35(36)22-31-24-49-15-18-63-31)32-5-4-6-38-43(32)53-39(25-51-38)28-23-52-56(26-28)30-12-16-55(17-13-30)42(59)7-2-1-3-14-50-29-8-9-33-34(21-29)46(62)57(45(33)61)40-10-11-41(58)54-44(40)60/h4-6,8-9,19-21,23,25-26,30-31,40,49-50H,1-3,7,10-18,22,24H2,(H,54,58,60). The predicted molar refractivity (Wildman–Crippen MR) is 227 cm³/mol. The van der Waals surface area contributed by atoms with E-state index in [0.717, 1.165) is 49.1 Å². The lowest BCUT2D eigenvalue weighted by atomic mass is 9.98. The summed E-state index contributed by atoms with van der Waals surface area (Å²) in [6, 6.07) is 12.1. The predicted octanol–water partition coefficient (Wildman–Crippen LogP) is 5.21. The lowest BCUT2D eigenvalue weighted by Gasteiger charge is -2.32. The van der Waals surface area contributed by atoms with Crippen LogP contribution in [0.2, 0.25) is 0 Å². The van der Waals surface area contributed by atoms with Crippen molar-refractivity contribution in [1.29, 1.82) is 0 Å². The number of carbonyl (C=O) groups is 5. The minimum Gasteiger partial charge on any atom is -0.385 e. The third kappa shape index (κ3) is 8.80. The van der Waals surface area contributed by atoms with Crippen molar-refractivity contribution in [2.75, 3.05) is 44.6 Å². The van der Waals surface area contributed by atoms with E-state index in [4.69, 9.17) is 9.72 Å². The van der Waals surface area contributed by atoms with Crippen molar-refractivity contribution in [3.8, 4) is 22.4 Å². The quantitative estimate of drug-likeness (QED) is 0.105. The summed E-state index contributed by atoms with van der Waals surface area (Å²) in [5.74, 6) is -3.28. The molecule has 6 heterocycles. The Hall–Kier alpha value is -6.46. The minimum atomic E-state index is -1.01. The zero-order chi connectivity index (χ0) is 43.6. The summed E-state index contributed by atoms with van der Waals surface area (Å²) in [4.78, 5) is 75.5. The summed E-state index contributed by atoms with van der Waals surface area (Å²) in [6.45, 7) is 3.61. The van der Waals surface area contributed by atoms with Crippen LogP contribution in [0.3, 0.4) is 0 Å². The highest BCUT2D eigenvalue weighted by molar-refractivity contribution is 6.23. The highest BCUT2D eigenvalue weighted by atomic mass is 19.1. The molecule has 0 aliphatic carbocycles. The molecule has 2 aromatic heterocycles. The van der Waals surface area contributed by atoms with E-state index in [1.807, 2.05) is 21.8 Å². The van der Waals surface area contributed by atoms with Gasteiger partial charge < -0.3 is 20.3 Å². The Bertz CT molecular complexity index is 2580. The van der Waals surface area contributed by atoms with Gasteiger partial charge in [-0.25, -0.2) is 13.8 Å². The number of aromatic nitrogens is 4. The number of ether oxygens (including phenoxy) is 1. The molecular weight excluding hydrogens is 813 g/mol. The summed E-state index contributed by atoms with van der Waals surface area (Å²) >= 11 is 0. The first kappa shape index (κ1) is 41.9. The van der Waals surface area contributed by atoms with Crippen molar-refractivity contribution in [1.82, 2.24) is 40.2 Å². The molecule has 326 valence electrons. The number of amides is 5. The average molecular weight is 860 g/mol. The van der Waals surface area contributed by atoms with Gasteiger partial charge in [0.15, 0.2) is 0 Å². The minimum absolute atomic E-state index is 0.00297. The van der Waals surface area contributed by atoms with Gasteiger partial charge in [-0.1, -0.05) is 18.6 Å². The van der Waals surface area contributed by atoms with Gasteiger partial charge >= 0.3 is 0 Å². The Balaban J connectivity index is 0.739. The van der Waals surface area contributed by atoms with E-state index >= 15 is 8.78 Å². The molecule has 0 saturated carbocycles. The maximum Gasteiger partial charge on any atom is 0.262 e. The first-order valence-corrected chi connectivity index (χ1v) is 21.6. The number of morpholine rings is 1. The first-order chi connectivity index (χ1) is 30.6. The third-order valence-electron chi connectivity index (χ3n) is 12.4. The van der Waals surface area contributed by atoms with Crippen LogP contribution in [-0.4, -0.2) is 111 Å². The Morgan fingerprint density at radius 1 is 0.889 bits per heavy atom. The average Bonchev–Trinajstić information content (AvgIpc) is 3.88. The summed E-state index contributed by atoms with van der Waals surface area (Å²) in [7, 11) is 0. The van der Waals surface area contributed by atoms with Crippen LogP contribution in [0.25, 0.3) is 33.4 Å². The molecule has 9 rings (SSSR count). The molecule has 63 heavy (non-hydrogen) atoms. The van der Waals surface area contributed by atoms with Crippen molar-refractivity contribution in [3.05, 3.63) is 95.4 Å². The highest BCUT2D eigenvalue weighted by Gasteiger charge is 2.44. The van der Waals surface area contributed by atoms with E-state index < -0.39 is 41.3 Å². The number of benzene rings is 3. The second-order valence-corrected chi connectivity index (χ2v) is 16.5. The molecule has 3 aromatic carbocycles. The molecular formula is C46H47F2N9O6. The van der Waals surface area contributed by atoms with Crippen LogP contribution in [0.4, 0.5) is 14.5 Å². The van der Waals surface area contributed by atoms with Crippen molar-refractivity contribution in [2.24, 2.45) is 0 Å². The molecule has 2 atom stereocenters. The molecule has 3 N–H and O–H groups in total. The fraction of sp³-hybridized carbons (Fsp3) is 0.391. The summed E-state index contributed by atoms with van der Waals surface area (Å²) in [5, 5.41) is 13.3. The Morgan fingerprint density at radius 2 is 1.70 bits per heavy atom. The molecule has 5 amide bonds. The molecule has 3 saturated heterocycles. The molecule has 5 aromatic rings. The maximum absolute atomic E-state index is 15.4. The van der Waals surface area contributed by atoms with Crippen LogP contribution in [0, 0.1) is 11.6 Å². The molecule has 0 bridgehead atoms. The molecule has 3 fully saturated rings. The Morgan fingerprint density at radius 3 is 2.48 bits per heavy atom. The fourth-order valence-electron chi connectivity index (χ4n) is 8.94. The smallest absolute Gasteiger partial charge is 0.262 e. The number of carbonyl (C=O) groups excluding carboxylic acids is 5. The van der Waals surface area contributed by atoms with Gasteiger partial charge in [-0.15, -0.1) is 0 Å². The number of unbranched alkanes of at least 4 members (excludes halogenated alkanes) is 2. The zero-order valence-electron chi connectivity index (χ0n) is 34.6. The Kier molecular flexibility index (Phi) is 12.0. The van der Waals surface area contributed by atoms with Crippen molar-refractivity contribution >= 4 is 46.3 Å². The van der Waals surface area contributed by atoms with Gasteiger partial charge in [-0.3, -0.25) is 43.9 Å². The molecule has 17 heteroatoms. The van der Waals surface area contributed by atoms with Gasteiger partial charge in [-0.05, 0) is 74.1 Å². The van der Waals surface area contributed by atoms with Crippen LogP contribution < -0.4 is 16.0 Å². The van der Waals surface area contributed by atoms with Gasteiger partial charge in [-0.2, -0.15) is 5.10 Å². The number of fused-ring (bicyclic) bond motifs is 2. The topological polar surface area (TPSA) is 181 Å². The number of para-hydroxylation sites is 1. The molecule has 0 radical (unpaired) electrons. The number of nitrogens with zero attached hydrogens (tertiary/aromatic N) is 6. The molecule has 15 nitrogen and oxygen atoms in total. The number of anilines is 1. The number of likely N-dealkylation sites (tertiary alicyclic amines) is 1. The normalized spacial score (nSPS) is 19.5. The summed E-state index contributed by atoms with van der Waals surface area (Å²) in [6.07, 6.45) is 9.66. The third-order valence-corrected chi connectivity index (χ3v) is 12.4. The van der Waals surface area contributed by atoms with Crippen LogP contribution >= 0.6 is 0 Å². The van der Waals surface area contributed by atoms with Crippen LogP contribution in [0.1, 0.15) is 83.7 Å². The van der Waals surface area contributed by atoms with E-state index in [1.165, 1.54) is 12.1 Å². The van der Waals surface area contributed by atoms with Crippen LogP contribution in [0.15, 0.2) is 67.1 Å². The number of nitrogens with one attached hydrogen (secondary N) is 3. The van der Waals surface area contributed by atoms with Gasteiger partial charge in [0.05, 0.1) is 59.0 Å². The van der Waals surface area contributed by atoms with Crippen molar-refractivity contribution in [2.45, 2.75) is 76.0 Å². The number of rotatable bonds is 13. The SMILES string of the molecule is O=C1CCC(N2C(=O)c3ccc(NCCCCCC(=O)N4CCC(n5cc(-c6cnc7cccc(-c8cc(F)c(CC9CNCCO9)c(F)c8)c7n6)cn5)CC4)cc3C2=O)C(=O)N1. The van der Waals surface area contributed by atoms with Gasteiger partial charge in [0.2, 0.25) is 17.7 Å². The van der Waals surface area contributed by atoms with E-state index in [0.29, 0.717) is 72.7 Å². The summed E-state index contributed by atoms with van der Waals surface area (Å²) < 4.78 is 38.3. The van der Waals surface area contributed by atoms with Gasteiger partial charge in [0.25, 0.3) is 11.8 Å². The molecule has 0 spiro atoms. The molecule has 2 unspecified atom stereocenters. The van der Waals surface area contributed by atoms with E-state index in [2.05, 4.69) is 26.0 Å². The first-order valence-electron chi connectivity index (χ1n) is 21.6. The van der Waals surface area contributed by atoms with Gasteiger partial charge in [0.1, 0.15) is 17.7 Å². The number of halogens is 2. The second-order valence-electron chi connectivity index (χ2n) is 16.5. The zero-order valence-corrected chi connectivity index (χ0v) is 34.6. The number of hydrogen-bond donors (Lipinski definition) is 3. The lowest BCUT2D eigenvalue weighted by molar-refractivity contribution is -0.136. The molecule has 4 aliphatic heterocycles. The fourth-order valence-corrected chi connectivity index (χ4v) is 8.94. The number of piperidine rings is 2. The van der Waals surface area contributed by atoms with Gasteiger partial charge in [0, 0.05) is 80.6 Å². The number of imide groups is 2. The summed E-state index contributed by atoms with van der Waals surface area (Å²) in [5.41, 5.74) is 4.54. The molecule has 4 aliphatic rings. The highest BCUT2D eigenvalue weighted by Crippen LogP contribution is 2.33. The number of hydrogen-bond acceptors (Lipinski definition) is 11. The van der Waals surface area contributed by atoms with E-state index in [-0.39, 0.29) is 54.0 Å². The van der Waals surface area contributed by atoms with Crippen LogP contribution in [0.5, 0.6) is 0 Å². The lowest BCUT2D eigenvalue weighted by Crippen LogP contribution is -2.54. The van der Waals surface area contributed by atoms with E-state index in [9.17, 15) is 24.0 Å². The van der Waals surface area contributed by atoms with Crippen molar-refractivity contribution < 1.29 is 37.5 Å². The Labute approximate surface area is 361 Å². The largest absolute Gasteiger partial charge is 0.385 e.